The van der Waals surface area contributed by atoms with Crippen molar-refractivity contribution in [2.24, 2.45) is 5.92 Å². The molecule has 1 aliphatic rings. The lowest BCUT2D eigenvalue weighted by atomic mass is 10.00. The zero-order valence-electron chi connectivity index (χ0n) is 8.75. The van der Waals surface area contributed by atoms with Crippen molar-refractivity contribution in [3.8, 4) is 0 Å². The van der Waals surface area contributed by atoms with E-state index in [1.807, 2.05) is 11.3 Å². The molecule has 0 spiro atoms. The Bertz CT molecular complexity index is 318. The molecule has 2 heterocycles. The molecule has 1 nitrogen and oxygen atoms in total. The van der Waals surface area contributed by atoms with Gasteiger partial charge in [0.05, 0.1) is 3.79 Å². The van der Waals surface area contributed by atoms with E-state index in [4.69, 9.17) is 11.6 Å². The quantitative estimate of drug-likeness (QED) is 0.748. The SMILES string of the molecule is CC1CC(Cl)CN(Cc2ccc(Br)s2)C1. The van der Waals surface area contributed by atoms with Crippen LogP contribution < -0.4 is 0 Å². The number of halogens is 2. The average Bonchev–Trinajstić information content (AvgIpc) is 2.49. The Morgan fingerprint density at radius 2 is 2.33 bits per heavy atom. The molecular formula is C11H15BrClNS. The second kappa shape index (κ2) is 5.17. The maximum Gasteiger partial charge on any atom is 0.0701 e. The molecule has 4 heteroatoms. The number of piperidine rings is 1. The fourth-order valence-electron chi connectivity index (χ4n) is 2.17. The smallest absolute Gasteiger partial charge is 0.0701 e. The van der Waals surface area contributed by atoms with Crippen LogP contribution in [0.3, 0.4) is 0 Å². The lowest BCUT2D eigenvalue weighted by Gasteiger charge is -2.33. The highest BCUT2D eigenvalue weighted by atomic mass is 79.9. The summed E-state index contributed by atoms with van der Waals surface area (Å²) < 4.78 is 1.21. The normalized spacial score (nSPS) is 28.2. The van der Waals surface area contributed by atoms with E-state index < -0.39 is 0 Å². The van der Waals surface area contributed by atoms with Gasteiger partial charge in [-0.2, -0.15) is 0 Å². The molecule has 0 aromatic carbocycles. The number of hydrogen-bond donors (Lipinski definition) is 0. The van der Waals surface area contributed by atoms with E-state index in [1.54, 1.807) is 0 Å². The van der Waals surface area contributed by atoms with Crippen LogP contribution in [-0.2, 0) is 6.54 Å². The summed E-state index contributed by atoms with van der Waals surface area (Å²) >= 11 is 11.5. The number of nitrogens with zero attached hydrogens (tertiary/aromatic N) is 1. The van der Waals surface area contributed by atoms with E-state index in [0.717, 1.165) is 25.4 Å². The van der Waals surface area contributed by atoms with E-state index in [-0.39, 0.29) is 0 Å². The average molecular weight is 309 g/mol. The number of hydrogen-bond acceptors (Lipinski definition) is 2. The first kappa shape index (κ1) is 11.9. The number of thiophene rings is 1. The highest BCUT2D eigenvalue weighted by Gasteiger charge is 2.23. The van der Waals surface area contributed by atoms with Crippen molar-refractivity contribution in [3.63, 3.8) is 0 Å². The summed E-state index contributed by atoms with van der Waals surface area (Å²) in [4.78, 5) is 3.88. The predicted molar refractivity (Wildman–Crippen MR) is 70.7 cm³/mol. The van der Waals surface area contributed by atoms with Crippen LogP contribution in [0, 0.1) is 5.92 Å². The van der Waals surface area contributed by atoms with Gasteiger partial charge in [0.1, 0.15) is 0 Å². The van der Waals surface area contributed by atoms with E-state index in [2.05, 4.69) is 39.9 Å². The van der Waals surface area contributed by atoms with E-state index in [1.165, 1.54) is 15.2 Å². The summed E-state index contributed by atoms with van der Waals surface area (Å²) in [5.74, 6) is 0.727. The number of rotatable bonds is 2. The highest BCUT2D eigenvalue weighted by molar-refractivity contribution is 9.11. The molecule has 15 heavy (non-hydrogen) atoms. The van der Waals surface area contributed by atoms with Crippen LogP contribution in [0.25, 0.3) is 0 Å². The Morgan fingerprint density at radius 3 is 2.93 bits per heavy atom. The standard InChI is InChI=1S/C11H15BrClNS/c1-8-4-9(13)6-14(5-8)7-10-2-3-11(12)15-10/h2-3,8-9H,4-7H2,1H3. The van der Waals surface area contributed by atoms with Crippen molar-refractivity contribution in [1.82, 2.24) is 4.90 Å². The molecule has 0 bridgehead atoms. The molecule has 2 atom stereocenters. The fourth-order valence-corrected chi connectivity index (χ4v) is 4.19. The van der Waals surface area contributed by atoms with Gasteiger partial charge in [-0.05, 0) is 40.4 Å². The summed E-state index contributed by atoms with van der Waals surface area (Å²) in [6.07, 6.45) is 1.16. The molecule has 0 N–H and O–H groups in total. The minimum absolute atomic E-state index is 0.331. The summed E-state index contributed by atoms with van der Waals surface area (Å²) in [7, 11) is 0. The topological polar surface area (TPSA) is 3.24 Å². The highest BCUT2D eigenvalue weighted by Crippen LogP contribution is 2.26. The first-order chi connectivity index (χ1) is 7.13. The Morgan fingerprint density at radius 1 is 1.53 bits per heavy atom. The third kappa shape index (κ3) is 3.45. The van der Waals surface area contributed by atoms with Crippen molar-refractivity contribution in [3.05, 3.63) is 20.8 Å². The minimum atomic E-state index is 0.331. The lowest BCUT2D eigenvalue weighted by Crippen LogP contribution is -2.39. The van der Waals surface area contributed by atoms with Crippen molar-refractivity contribution in [2.75, 3.05) is 13.1 Å². The van der Waals surface area contributed by atoms with Gasteiger partial charge in [-0.15, -0.1) is 22.9 Å². The van der Waals surface area contributed by atoms with Crippen molar-refractivity contribution in [1.29, 1.82) is 0 Å². The van der Waals surface area contributed by atoms with Crippen molar-refractivity contribution >= 4 is 38.9 Å². The van der Waals surface area contributed by atoms with Gasteiger partial charge in [0.25, 0.3) is 0 Å². The van der Waals surface area contributed by atoms with Crippen LogP contribution in [0.2, 0.25) is 0 Å². The van der Waals surface area contributed by atoms with Gasteiger partial charge in [-0.1, -0.05) is 6.92 Å². The molecule has 84 valence electrons. The first-order valence-corrected chi connectivity index (χ1v) is 7.28. The monoisotopic (exact) mass is 307 g/mol. The molecule has 0 aliphatic carbocycles. The second-order valence-corrected chi connectivity index (χ2v) is 7.50. The molecule has 1 aromatic heterocycles. The second-order valence-electron chi connectivity index (χ2n) is 4.34. The zero-order chi connectivity index (χ0) is 10.8. The lowest BCUT2D eigenvalue weighted by molar-refractivity contribution is 0.181. The minimum Gasteiger partial charge on any atom is -0.297 e. The Balaban J connectivity index is 1.94. The van der Waals surface area contributed by atoms with Crippen LogP contribution in [0.1, 0.15) is 18.2 Å². The van der Waals surface area contributed by atoms with Gasteiger partial charge >= 0.3 is 0 Å². The van der Waals surface area contributed by atoms with Gasteiger partial charge in [-0.3, -0.25) is 4.90 Å². The Hall–Kier alpha value is 0.430. The molecule has 0 saturated carbocycles. The van der Waals surface area contributed by atoms with Crippen LogP contribution in [-0.4, -0.2) is 23.4 Å². The van der Waals surface area contributed by atoms with Gasteiger partial charge in [0, 0.05) is 29.9 Å². The molecule has 1 fully saturated rings. The van der Waals surface area contributed by atoms with E-state index in [0.29, 0.717) is 5.38 Å². The molecular weight excluding hydrogens is 294 g/mol. The summed E-state index contributed by atoms with van der Waals surface area (Å²) in [5, 5.41) is 0.331. The predicted octanol–water partition coefficient (Wildman–Crippen LogP) is 3.96. The zero-order valence-corrected chi connectivity index (χ0v) is 11.9. The van der Waals surface area contributed by atoms with Gasteiger partial charge < -0.3 is 0 Å². The van der Waals surface area contributed by atoms with Crippen LogP contribution in [0.4, 0.5) is 0 Å². The van der Waals surface area contributed by atoms with E-state index >= 15 is 0 Å². The molecule has 0 amide bonds. The van der Waals surface area contributed by atoms with Crippen LogP contribution in [0.15, 0.2) is 15.9 Å². The van der Waals surface area contributed by atoms with Gasteiger partial charge in [-0.25, -0.2) is 0 Å². The van der Waals surface area contributed by atoms with Crippen molar-refractivity contribution < 1.29 is 0 Å². The molecule has 2 unspecified atom stereocenters. The number of alkyl halides is 1. The summed E-state index contributed by atoms with van der Waals surface area (Å²) in [6.45, 7) is 5.54. The third-order valence-corrected chi connectivity index (χ3v) is 4.62. The van der Waals surface area contributed by atoms with Crippen molar-refractivity contribution in [2.45, 2.75) is 25.3 Å². The molecule has 1 aliphatic heterocycles. The third-order valence-electron chi connectivity index (χ3n) is 2.69. The maximum absolute atomic E-state index is 6.23. The molecule has 2 rings (SSSR count). The summed E-state index contributed by atoms with van der Waals surface area (Å²) in [5.41, 5.74) is 0. The largest absolute Gasteiger partial charge is 0.297 e. The Labute approximate surface area is 109 Å². The molecule has 0 radical (unpaired) electrons. The molecule has 1 aromatic rings. The van der Waals surface area contributed by atoms with E-state index in [9.17, 15) is 0 Å². The molecule has 1 saturated heterocycles. The number of likely N-dealkylation sites (tertiary alicyclic amines) is 1. The van der Waals surface area contributed by atoms with Crippen LogP contribution >= 0.6 is 38.9 Å². The van der Waals surface area contributed by atoms with Crippen LogP contribution in [0.5, 0.6) is 0 Å². The fraction of sp³-hybridized carbons (Fsp3) is 0.636. The van der Waals surface area contributed by atoms with Gasteiger partial charge in [0.15, 0.2) is 0 Å². The van der Waals surface area contributed by atoms with Gasteiger partial charge in [0.2, 0.25) is 0 Å². The Kier molecular flexibility index (Phi) is 4.10. The summed E-state index contributed by atoms with van der Waals surface area (Å²) in [6, 6.07) is 4.31. The first-order valence-electron chi connectivity index (χ1n) is 5.24. The maximum atomic E-state index is 6.23.